The van der Waals surface area contributed by atoms with E-state index in [0.717, 1.165) is 25.7 Å². The molecule has 2 aromatic carbocycles. The van der Waals surface area contributed by atoms with Crippen molar-refractivity contribution < 1.29 is 22.3 Å². The van der Waals surface area contributed by atoms with Crippen molar-refractivity contribution in [3.8, 4) is 0 Å². The zero-order valence-corrected chi connectivity index (χ0v) is 18.9. The molecule has 1 aliphatic heterocycles. The summed E-state index contributed by atoms with van der Waals surface area (Å²) in [5, 5.41) is 2.86. The molecular formula is C20H22Cl2FN3O4S. The molecule has 0 aliphatic carbocycles. The van der Waals surface area contributed by atoms with Gasteiger partial charge in [-0.15, -0.1) is 0 Å². The molecule has 1 fully saturated rings. The molecule has 7 nitrogen and oxygen atoms in total. The van der Waals surface area contributed by atoms with Gasteiger partial charge in [0.1, 0.15) is 5.82 Å². The third-order valence-corrected chi connectivity index (χ3v) is 6.73. The molecule has 0 spiro atoms. The van der Waals surface area contributed by atoms with Gasteiger partial charge < -0.3 is 10.1 Å². The van der Waals surface area contributed by atoms with Crippen LogP contribution in [0.15, 0.2) is 41.3 Å². The fraction of sp³-hybridized carbons (Fsp3) is 0.350. The number of ether oxygens (including phenoxy) is 1. The van der Waals surface area contributed by atoms with Crippen molar-refractivity contribution in [2.24, 2.45) is 0 Å². The smallest absolute Gasteiger partial charge is 0.257 e. The average molecular weight is 490 g/mol. The van der Waals surface area contributed by atoms with Gasteiger partial charge in [0.05, 0.1) is 34.4 Å². The SMILES string of the molecule is O=C(Nc1ccc(S(=O)(=O)NCCCN2CCOCC2)cc1F)c1ccc(Cl)cc1Cl. The van der Waals surface area contributed by atoms with Crippen LogP contribution in [-0.2, 0) is 14.8 Å². The quantitative estimate of drug-likeness (QED) is 0.554. The van der Waals surface area contributed by atoms with Crippen molar-refractivity contribution in [3.63, 3.8) is 0 Å². The molecule has 2 N–H and O–H groups in total. The third kappa shape index (κ3) is 6.61. The number of amides is 1. The number of anilines is 1. The molecule has 31 heavy (non-hydrogen) atoms. The largest absolute Gasteiger partial charge is 0.379 e. The third-order valence-electron chi connectivity index (χ3n) is 4.72. The van der Waals surface area contributed by atoms with E-state index in [1.165, 1.54) is 30.3 Å². The van der Waals surface area contributed by atoms with Crippen LogP contribution in [0.1, 0.15) is 16.8 Å². The highest BCUT2D eigenvalue weighted by atomic mass is 35.5. The molecule has 0 bridgehead atoms. The number of rotatable bonds is 8. The Labute approximate surface area is 190 Å². The summed E-state index contributed by atoms with van der Waals surface area (Å²) in [4.78, 5) is 14.3. The van der Waals surface area contributed by atoms with Crippen LogP contribution in [0.25, 0.3) is 0 Å². The number of hydrogen-bond donors (Lipinski definition) is 2. The lowest BCUT2D eigenvalue weighted by Gasteiger charge is -2.26. The summed E-state index contributed by atoms with van der Waals surface area (Å²) in [6, 6.07) is 7.58. The van der Waals surface area contributed by atoms with E-state index in [0.29, 0.717) is 24.7 Å². The second kappa shape index (κ2) is 10.7. The number of nitrogens with one attached hydrogen (secondary N) is 2. The number of sulfonamides is 1. The molecular weight excluding hydrogens is 468 g/mol. The summed E-state index contributed by atoms with van der Waals surface area (Å²) >= 11 is 11.8. The number of hydrogen-bond acceptors (Lipinski definition) is 5. The monoisotopic (exact) mass is 489 g/mol. The molecule has 168 valence electrons. The number of halogens is 3. The lowest BCUT2D eigenvalue weighted by molar-refractivity contribution is 0.0376. The lowest BCUT2D eigenvalue weighted by Crippen LogP contribution is -2.38. The molecule has 2 aromatic rings. The molecule has 0 radical (unpaired) electrons. The molecule has 1 aliphatic rings. The molecule has 0 aromatic heterocycles. The number of morpholine rings is 1. The molecule has 1 saturated heterocycles. The summed E-state index contributed by atoms with van der Waals surface area (Å²) in [6.45, 7) is 3.99. The van der Waals surface area contributed by atoms with Crippen molar-refractivity contribution in [1.82, 2.24) is 9.62 Å². The first kappa shape index (κ1) is 23.9. The average Bonchev–Trinajstić information content (AvgIpc) is 2.73. The summed E-state index contributed by atoms with van der Waals surface area (Å²) in [5.74, 6) is -1.52. The first-order valence-electron chi connectivity index (χ1n) is 9.62. The molecule has 11 heteroatoms. The van der Waals surface area contributed by atoms with Gasteiger partial charge in [0.2, 0.25) is 10.0 Å². The standard InChI is InChI=1S/C20H22Cl2FN3O4S/c21-14-2-4-16(17(22)12-14)20(27)25-19-5-3-15(13-18(19)23)31(28,29)24-6-1-7-26-8-10-30-11-9-26/h2-5,12-13,24H,1,6-11H2,(H,25,27). The van der Waals surface area contributed by atoms with Crippen LogP contribution in [0, 0.1) is 5.82 Å². The van der Waals surface area contributed by atoms with Gasteiger partial charge in [-0.05, 0) is 49.4 Å². The van der Waals surface area contributed by atoms with Gasteiger partial charge >= 0.3 is 0 Å². The van der Waals surface area contributed by atoms with E-state index in [9.17, 15) is 17.6 Å². The Balaban J connectivity index is 1.59. The number of benzene rings is 2. The number of carbonyl (C=O) groups is 1. The van der Waals surface area contributed by atoms with E-state index >= 15 is 0 Å². The van der Waals surface area contributed by atoms with Crippen molar-refractivity contribution in [2.75, 3.05) is 44.7 Å². The first-order valence-corrected chi connectivity index (χ1v) is 11.9. The fourth-order valence-corrected chi connectivity index (χ4v) is 4.62. The van der Waals surface area contributed by atoms with E-state index in [1.54, 1.807) is 0 Å². The van der Waals surface area contributed by atoms with Crippen LogP contribution in [0.2, 0.25) is 10.0 Å². The Hall–Kier alpha value is -1.75. The molecule has 3 rings (SSSR count). The minimum Gasteiger partial charge on any atom is -0.379 e. The van der Waals surface area contributed by atoms with Gasteiger partial charge in [0.15, 0.2) is 0 Å². The molecule has 0 atom stereocenters. The summed E-state index contributed by atoms with van der Waals surface area (Å²) in [5.41, 5.74) is -0.0496. The Morgan fingerprint density at radius 1 is 1.13 bits per heavy atom. The fourth-order valence-electron chi connectivity index (χ4n) is 3.04. The van der Waals surface area contributed by atoms with Crippen molar-refractivity contribution in [2.45, 2.75) is 11.3 Å². The molecule has 1 amide bonds. The Kier molecular flexibility index (Phi) is 8.26. The van der Waals surface area contributed by atoms with Crippen molar-refractivity contribution in [3.05, 3.63) is 57.8 Å². The zero-order valence-electron chi connectivity index (χ0n) is 16.5. The van der Waals surface area contributed by atoms with Gasteiger partial charge in [-0.3, -0.25) is 9.69 Å². The van der Waals surface area contributed by atoms with E-state index < -0.39 is 21.7 Å². The van der Waals surface area contributed by atoms with E-state index in [2.05, 4.69) is 14.9 Å². The number of nitrogens with zero attached hydrogens (tertiary/aromatic N) is 1. The van der Waals surface area contributed by atoms with Crippen LogP contribution in [0.3, 0.4) is 0 Å². The van der Waals surface area contributed by atoms with Crippen LogP contribution in [0.5, 0.6) is 0 Å². The lowest BCUT2D eigenvalue weighted by atomic mass is 10.2. The molecule has 0 saturated carbocycles. The zero-order chi connectivity index (χ0) is 22.4. The predicted molar refractivity (Wildman–Crippen MR) is 118 cm³/mol. The maximum atomic E-state index is 14.5. The van der Waals surface area contributed by atoms with Crippen molar-refractivity contribution >= 4 is 44.8 Å². The van der Waals surface area contributed by atoms with E-state index in [1.807, 2.05) is 0 Å². The van der Waals surface area contributed by atoms with Gasteiger partial charge in [-0.1, -0.05) is 23.2 Å². The highest BCUT2D eigenvalue weighted by Gasteiger charge is 2.18. The van der Waals surface area contributed by atoms with Crippen molar-refractivity contribution in [1.29, 1.82) is 0 Å². The van der Waals surface area contributed by atoms with Gasteiger partial charge in [0.25, 0.3) is 5.91 Å². The highest BCUT2D eigenvalue weighted by molar-refractivity contribution is 7.89. The van der Waals surface area contributed by atoms with Gasteiger partial charge in [-0.2, -0.15) is 0 Å². The van der Waals surface area contributed by atoms with E-state index in [4.69, 9.17) is 27.9 Å². The van der Waals surface area contributed by atoms with Crippen LogP contribution in [0.4, 0.5) is 10.1 Å². The topological polar surface area (TPSA) is 87.7 Å². The van der Waals surface area contributed by atoms with E-state index in [-0.39, 0.29) is 27.7 Å². The van der Waals surface area contributed by atoms with Gasteiger partial charge in [0, 0.05) is 24.7 Å². The van der Waals surface area contributed by atoms with Crippen LogP contribution in [-0.4, -0.2) is 58.6 Å². The Morgan fingerprint density at radius 2 is 1.87 bits per heavy atom. The maximum Gasteiger partial charge on any atom is 0.257 e. The van der Waals surface area contributed by atoms with Crippen LogP contribution >= 0.6 is 23.2 Å². The summed E-state index contributed by atoms with van der Waals surface area (Å²) in [6.07, 6.45) is 0.623. The Bertz CT molecular complexity index is 1050. The first-order chi connectivity index (χ1) is 14.8. The second-order valence-corrected chi connectivity index (χ2v) is 9.54. The molecule has 0 unspecified atom stereocenters. The highest BCUT2D eigenvalue weighted by Crippen LogP contribution is 2.24. The summed E-state index contributed by atoms with van der Waals surface area (Å²) in [7, 11) is -3.88. The normalized spacial score (nSPS) is 15.1. The predicted octanol–water partition coefficient (Wildman–Crippen LogP) is 3.39. The minimum absolute atomic E-state index is 0.115. The Morgan fingerprint density at radius 3 is 2.55 bits per heavy atom. The summed E-state index contributed by atoms with van der Waals surface area (Å²) < 4.78 is 47.1. The minimum atomic E-state index is -3.88. The van der Waals surface area contributed by atoms with Gasteiger partial charge in [-0.25, -0.2) is 17.5 Å². The maximum absolute atomic E-state index is 14.5. The number of carbonyl (C=O) groups excluding carboxylic acids is 1. The van der Waals surface area contributed by atoms with Crippen LogP contribution < -0.4 is 10.0 Å². The molecule has 1 heterocycles. The second-order valence-electron chi connectivity index (χ2n) is 6.93.